The fourth-order valence-corrected chi connectivity index (χ4v) is 0.489. The van der Waals surface area contributed by atoms with Gasteiger partial charge in [-0.25, -0.2) is 9.78 Å². The summed E-state index contributed by atoms with van der Waals surface area (Å²) in [6, 6.07) is 4.76. The summed E-state index contributed by atoms with van der Waals surface area (Å²) >= 11 is 0. The normalized spacial score (nSPS) is 8.00. The van der Waals surface area contributed by atoms with Gasteiger partial charge in [-0.1, -0.05) is 6.07 Å². The minimum absolute atomic E-state index is 0. The molecule has 4 heteroatoms. The van der Waals surface area contributed by atoms with Crippen molar-refractivity contribution in [2.45, 2.75) is 0 Å². The first kappa shape index (κ1) is 8.58. The molecule has 0 aliphatic carbocycles. The van der Waals surface area contributed by atoms with E-state index in [0.717, 1.165) is 0 Å². The molecule has 10 heavy (non-hydrogen) atoms. The summed E-state index contributed by atoms with van der Waals surface area (Å²) in [5.41, 5.74) is 0.0810. The fraction of sp³-hybridized carbons (Fsp3) is 0. The number of rotatable bonds is 1. The van der Waals surface area contributed by atoms with Crippen LogP contribution in [0.4, 0.5) is 0 Å². The second-order valence-electron chi connectivity index (χ2n) is 1.52. The van der Waals surface area contributed by atoms with E-state index in [9.17, 15) is 4.79 Å². The predicted molar refractivity (Wildman–Crippen MR) is 36.2 cm³/mol. The predicted octanol–water partition coefficient (Wildman–Crippen LogP) is 0.942. The van der Waals surface area contributed by atoms with Gasteiger partial charge >= 0.3 is 5.97 Å². The molecule has 1 aromatic heterocycles. The second kappa shape index (κ2) is 3.58. The maximum Gasteiger partial charge on any atom is 0.354 e. The van der Waals surface area contributed by atoms with Crippen LogP contribution >= 0.6 is 0 Å². The van der Waals surface area contributed by atoms with E-state index in [1.54, 1.807) is 12.1 Å². The zero-order valence-corrected chi connectivity index (χ0v) is 5.32. The van der Waals surface area contributed by atoms with Gasteiger partial charge in [-0.3, -0.25) is 0 Å². The molecule has 0 aliphatic heterocycles. The van der Waals surface area contributed by atoms with Gasteiger partial charge in [-0.05, 0) is 12.1 Å². The van der Waals surface area contributed by atoms with Crippen LogP contribution in [-0.4, -0.2) is 16.1 Å². The van der Waals surface area contributed by atoms with Crippen LogP contribution in [0, 0.1) is 0 Å². The maximum atomic E-state index is 10.1. The Hall–Kier alpha value is -1.42. The van der Waals surface area contributed by atoms with Gasteiger partial charge in [0.1, 0.15) is 5.69 Å². The van der Waals surface area contributed by atoms with E-state index >= 15 is 0 Å². The molecule has 0 aliphatic rings. The van der Waals surface area contributed by atoms with Crippen molar-refractivity contribution in [3.05, 3.63) is 30.1 Å². The molecule has 0 saturated carbocycles. The Kier molecular flexibility index (Phi) is 3.07. The van der Waals surface area contributed by atoms with Crippen LogP contribution in [0.3, 0.4) is 0 Å². The smallest absolute Gasteiger partial charge is 0.354 e. The van der Waals surface area contributed by atoms with Crippen molar-refractivity contribution in [2.24, 2.45) is 0 Å². The van der Waals surface area contributed by atoms with E-state index in [4.69, 9.17) is 5.11 Å². The SMILES string of the molecule is N.O=C(O)c1ccccn1. The van der Waals surface area contributed by atoms with Crippen molar-refractivity contribution >= 4 is 5.97 Å². The molecule has 0 amide bonds. The number of hydrogen-bond acceptors (Lipinski definition) is 3. The number of pyridine rings is 1. The quantitative estimate of drug-likeness (QED) is 0.607. The zero-order chi connectivity index (χ0) is 6.69. The molecule has 4 nitrogen and oxygen atoms in total. The summed E-state index contributed by atoms with van der Waals surface area (Å²) in [6.07, 6.45) is 1.45. The Morgan fingerprint density at radius 2 is 2.20 bits per heavy atom. The fourth-order valence-electron chi connectivity index (χ4n) is 0.489. The molecule has 1 heterocycles. The van der Waals surface area contributed by atoms with Crippen molar-refractivity contribution in [3.8, 4) is 0 Å². The number of hydrogen-bond donors (Lipinski definition) is 2. The van der Waals surface area contributed by atoms with Gasteiger partial charge in [0, 0.05) is 6.20 Å². The minimum atomic E-state index is -0.990. The summed E-state index contributed by atoms with van der Waals surface area (Å²) < 4.78 is 0. The molecular formula is C6H8N2O2. The number of aromatic carboxylic acids is 1. The van der Waals surface area contributed by atoms with Crippen molar-refractivity contribution in [3.63, 3.8) is 0 Å². The largest absolute Gasteiger partial charge is 0.477 e. The lowest BCUT2D eigenvalue weighted by atomic mass is 10.4. The number of aromatic nitrogens is 1. The first-order valence-corrected chi connectivity index (χ1v) is 2.45. The minimum Gasteiger partial charge on any atom is -0.477 e. The molecule has 0 spiro atoms. The average Bonchev–Trinajstić information content (AvgIpc) is 1.90. The van der Waals surface area contributed by atoms with Crippen molar-refractivity contribution in [1.82, 2.24) is 11.1 Å². The molecule has 1 rings (SSSR count). The Balaban J connectivity index is 0.000000810. The second-order valence-corrected chi connectivity index (χ2v) is 1.52. The Morgan fingerprint density at radius 1 is 1.50 bits per heavy atom. The van der Waals surface area contributed by atoms with Crippen LogP contribution in [-0.2, 0) is 0 Å². The van der Waals surface area contributed by atoms with Gasteiger partial charge in [0.2, 0.25) is 0 Å². The van der Waals surface area contributed by atoms with Crippen molar-refractivity contribution in [2.75, 3.05) is 0 Å². The van der Waals surface area contributed by atoms with Crippen LogP contribution in [0.1, 0.15) is 10.5 Å². The molecule has 4 N–H and O–H groups in total. The molecule has 0 saturated heterocycles. The first-order valence-electron chi connectivity index (χ1n) is 2.45. The molecule has 54 valence electrons. The van der Waals surface area contributed by atoms with E-state index < -0.39 is 5.97 Å². The highest BCUT2D eigenvalue weighted by molar-refractivity contribution is 5.85. The van der Waals surface area contributed by atoms with Gasteiger partial charge in [0.15, 0.2) is 0 Å². The van der Waals surface area contributed by atoms with Gasteiger partial charge in [0.25, 0.3) is 0 Å². The van der Waals surface area contributed by atoms with Crippen molar-refractivity contribution < 1.29 is 9.90 Å². The third-order valence-corrected chi connectivity index (χ3v) is 0.884. The molecule has 0 aromatic carbocycles. The van der Waals surface area contributed by atoms with Crippen LogP contribution in [0.15, 0.2) is 24.4 Å². The van der Waals surface area contributed by atoms with Gasteiger partial charge in [-0.15, -0.1) is 0 Å². The molecule has 0 bridgehead atoms. The zero-order valence-electron chi connectivity index (χ0n) is 5.32. The molecule has 0 atom stereocenters. The van der Waals surface area contributed by atoms with E-state index in [-0.39, 0.29) is 11.8 Å². The molecule has 1 aromatic rings. The van der Waals surface area contributed by atoms with Crippen LogP contribution in [0.5, 0.6) is 0 Å². The average molecular weight is 140 g/mol. The topological polar surface area (TPSA) is 85.2 Å². The summed E-state index contributed by atoms with van der Waals surface area (Å²) in [6.45, 7) is 0. The Morgan fingerprint density at radius 3 is 2.50 bits per heavy atom. The number of nitrogens with zero attached hydrogens (tertiary/aromatic N) is 1. The number of carbonyl (C=O) groups is 1. The maximum absolute atomic E-state index is 10.1. The Bertz CT molecular complexity index is 210. The van der Waals surface area contributed by atoms with Gasteiger partial charge < -0.3 is 11.3 Å². The van der Waals surface area contributed by atoms with E-state index in [1.165, 1.54) is 12.3 Å². The van der Waals surface area contributed by atoms with Crippen molar-refractivity contribution in [1.29, 1.82) is 0 Å². The number of carboxylic acid groups (broad SMARTS) is 1. The highest BCUT2D eigenvalue weighted by atomic mass is 16.4. The van der Waals surface area contributed by atoms with E-state index in [2.05, 4.69) is 4.98 Å². The lowest BCUT2D eigenvalue weighted by Crippen LogP contribution is -1.97. The molecule has 0 radical (unpaired) electrons. The van der Waals surface area contributed by atoms with Crippen LogP contribution < -0.4 is 6.15 Å². The Labute approximate surface area is 58.1 Å². The summed E-state index contributed by atoms with van der Waals surface area (Å²) in [5.74, 6) is -0.990. The highest BCUT2D eigenvalue weighted by Crippen LogP contribution is 1.90. The molecule has 0 unspecified atom stereocenters. The first-order chi connectivity index (χ1) is 4.30. The summed E-state index contributed by atoms with van der Waals surface area (Å²) in [7, 11) is 0. The lowest BCUT2D eigenvalue weighted by molar-refractivity contribution is 0.0690. The third kappa shape index (κ3) is 1.83. The highest BCUT2D eigenvalue weighted by Gasteiger charge is 1.98. The van der Waals surface area contributed by atoms with Crippen LogP contribution in [0.25, 0.3) is 0 Å². The molecular weight excluding hydrogens is 132 g/mol. The summed E-state index contributed by atoms with van der Waals surface area (Å²) in [4.78, 5) is 13.7. The standard InChI is InChI=1S/C6H5NO2.H3N/c8-6(9)5-3-1-2-4-7-5;/h1-4H,(H,8,9);1H3. The summed E-state index contributed by atoms with van der Waals surface area (Å²) in [5, 5.41) is 8.32. The monoisotopic (exact) mass is 140 g/mol. The van der Waals surface area contributed by atoms with Gasteiger partial charge in [-0.2, -0.15) is 0 Å². The lowest BCUT2D eigenvalue weighted by Gasteiger charge is -1.87. The van der Waals surface area contributed by atoms with E-state index in [1.807, 2.05) is 0 Å². The van der Waals surface area contributed by atoms with Gasteiger partial charge in [0.05, 0.1) is 0 Å². The van der Waals surface area contributed by atoms with E-state index in [0.29, 0.717) is 0 Å². The number of carboxylic acids is 1. The third-order valence-electron chi connectivity index (χ3n) is 0.884. The van der Waals surface area contributed by atoms with Crippen LogP contribution in [0.2, 0.25) is 0 Å². The molecule has 0 fully saturated rings.